The molecule has 1 aromatic rings. The fourth-order valence-electron chi connectivity index (χ4n) is 2.77. The maximum absolute atomic E-state index is 11.8. The van der Waals surface area contributed by atoms with Crippen LogP contribution in [-0.4, -0.2) is 63.4 Å². The van der Waals surface area contributed by atoms with Crippen molar-refractivity contribution in [3.63, 3.8) is 0 Å². The summed E-state index contributed by atoms with van der Waals surface area (Å²) in [4.78, 5) is 14.2. The number of halogens is 2. The van der Waals surface area contributed by atoms with Crippen LogP contribution in [0.2, 0.25) is 0 Å². The first-order valence-electron chi connectivity index (χ1n) is 8.55. The molecule has 0 aliphatic carbocycles. The number of methoxy groups -OCH3 is 1. The molecule has 6 nitrogen and oxygen atoms in total. The van der Waals surface area contributed by atoms with Crippen molar-refractivity contribution in [1.82, 2.24) is 15.5 Å². The lowest BCUT2D eigenvalue weighted by molar-refractivity contribution is -0.120. The Bertz CT molecular complexity index is 520. The average Bonchev–Trinajstić information content (AvgIpc) is 2.57. The van der Waals surface area contributed by atoms with E-state index in [9.17, 15) is 4.79 Å². The largest absolute Gasteiger partial charge is 0.383 e. The zero-order valence-electron chi connectivity index (χ0n) is 15.5. The molecule has 1 aromatic carbocycles. The number of nitrogens with one attached hydrogen (secondary N) is 2. The van der Waals surface area contributed by atoms with E-state index in [4.69, 9.17) is 9.47 Å². The minimum Gasteiger partial charge on any atom is -0.383 e. The third-order valence-electron chi connectivity index (χ3n) is 3.98. The van der Waals surface area contributed by atoms with Gasteiger partial charge in [0.2, 0.25) is 5.91 Å². The van der Waals surface area contributed by atoms with Crippen molar-refractivity contribution >= 4 is 30.7 Å². The number of benzene rings is 1. The molecule has 26 heavy (non-hydrogen) atoms. The highest BCUT2D eigenvalue weighted by molar-refractivity contribution is 5.85. The molecular weight excluding hydrogens is 377 g/mol. The number of ether oxygens (including phenoxy) is 2. The maximum Gasteiger partial charge on any atom is 0.234 e. The molecule has 2 N–H and O–H groups in total. The summed E-state index contributed by atoms with van der Waals surface area (Å²) < 4.78 is 10.5. The van der Waals surface area contributed by atoms with Gasteiger partial charge in [-0.2, -0.15) is 0 Å². The van der Waals surface area contributed by atoms with Crippen LogP contribution in [0.1, 0.15) is 18.1 Å². The molecule has 150 valence electrons. The smallest absolute Gasteiger partial charge is 0.234 e. The first kappa shape index (κ1) is 25.1. The molecule has 1 heterocycles. The molecule has 0 bridgehead atoms. The van der Waals surface area contributed by atoms with E-state index in [0.29, 0.717) is 32.3 Å². The van der Waals surface area contributed by atoms with Crippen molar-refractivity contribution in [3.8, 4) is 0 Å². The predicted octanol–water partition coefficient (Wildman–Crippen LogP) is 1.60. The van der Waals surface area contributed by atoms with Crippen molar-refractivity contribution in [1.29, 1.82) is 0 Å². The van der Waals surface area contributed by atoms with Gasteiger partial charge in [-0.05, 0) is 18.1 Å². The molecule has 0 radical (unpaired) electrons. The fourth-order valence-corrected chi connectivity index (χ4v) is 2.77. The van der Waals surface area contributed by atoms with Crippen LogP contribution >= 0.6 is 24.8 Å². The van der Waals surface area contributed by atoms with Crippen molar-refractivity contribution in [2.45, 2.75) is 26.1 Å². The summed E-state index contributed by atoms with van der Waals surface area (Å²) in [5, 5.41) is 5.97. The Morgan fingerprint density at radius 3 is 2.85 bits per heavy atom. The second kappa shape index (κ2) is 14.2. The van der Waals surface area contributed by atoms with Gasteiger partial charge in [-0.25, -0.2) is 0 Å². The van der Waals surface area contributed by atoms with Gasteiger partial charge in [-0.1, -0.05) is 24.3 Å². The highest BCUT2D eigenvalue weighted by Crippen LogP contribution is 2.12. The van der Waals surface area contributed by atoms with Gasteiger partial charge in [0.15, 0.2) is 0 Å². The zero-order chi connectivity index (χ0) is 17.2. The highest BCUT2D eigenvalue weighted by Gasteiger charge is 2.16. The minimum absolute atomic E-state index is 0. The highest BCUT2D eigenvalue weighted by atomic mass is 35.5. The van der Waals surface area contributed by atoms with Gasteiger partial charge in [0, 0.05) is 39.8 Å². The summed E-state index contributed by atoms with van der Waals surface area (Å²) in [6.07, 6.45) is 0.298. The van der Waals surface area contributed by atoms with E-state index in [-0.39, 0.29) is 30.7 Å². The molecular formula is C18H31Cl2N3O3. The van der Waals surface area contributed by atoms with Crippen LogP contribution in [-0.2, 0) is 27.4 Å². The minimum atomic E-state index is -0.00138. The first-order chi connectivity index (χ1) is 11.7. The first-order valence-corrected chi connectivity index (χ1v) is 8.55. The zero-order valence-corrected chi connectivity index (χ0v) is 17.2. The van der Waals surface area contributed by atoms with Crippen molar-refractivity contribution in [2.24, 2.45) is 0 Å². The lowest BCUT2D eigenvalue weighted by atomic mass is 10.1. The number of carbonyl (C=O) groups excluding carboxylic acids is 1. The quantitative estimate of drug-likeness (QED) is 0.608. The molecule has 0 saturated carbocycles. The lowest BCUT2D eigenvalue weighted by Gasteiger charge is -2.31. The molecule has 1 unspecified atom stereocenters. The number of rotatable bonds is 9. The van der Waals surface area contributed by atoms with Crippen LogP contribution in [0.15, 0.2) is 24.3 Å². The van der Waals surface area contributed by atoms with E-state index < -0.39 is 0 Å². The Kier molecular flexibility index (Phi) is 13.7. The van der Waals surface area contributed by atoms with Gasteiger partial charge >= 0.3 is 0 Å². The van der Waals surface area contributed by atoms with Crippen LogP contribution < -0.4 is 10.6 Å². The summed E-state index contributed by atoms with van der Waals surface area (Å²) >= 11 is 0. The summed E-state index contributed by atoms with van der Waals surface area (Å²) in [5.74, 6) is -0.00138. The summed E-state index contributed by atoms with van der Waals surface area (Å²) in [5.41, 5.74) is 2.40. The Labute approximate surface area is 168 Å². The molecule has 8 heteroatoms. The van der Waals surface area contributed by atoms with Gasteiger partial charge in [0.25, 0.3) is 0 Å². The molecule has 1 aliphatic heterocycles. The van der Waals surface area contributed by atoms with Crippen LogP contribution in [0.3, 0.4) is 0 Å². The monoisotopic (exact) mass is 407 g/mol. The van der Waals surface area contributed by atoms with E-state index in [1.165, 1.54) is 5.56 Å². The van der Waals surface area contributed by atoms with Gasteiger partial charge in [-0.15, -0.1) is 24.8 Å². The molecule has 2 rings (SSSR count). The van der Waals surface area contributed by atoms with Gasteiger partial charge < -0.3 is 20.1 Å². The van der Waals surface area contributed by atoms with Gasteiger partial charge in [-0.3, -0.25) is 9.69 Å². The number of hydrogen-bond donors (Lipinski definition) is 2. The molecule has 1 fully saturated rings. The van der Waals surface area contributed by atoms with Gasteiger partial charge in [0.05, 0.1) is 25.9 Å². The maximum atomic E-state index is 11.8. The average molecular weight is 408 g/mol. The molecule has 1 amide bonds. The Hall–Kier alpha value is -0.890. The van der Waals surface area contributed by atoms with Crippen LogP contribution in [0.5, 0.6) is 0 Å². The summed E-state index contributed by atoms with van der Waals surface area (Å²) in [6.45, 7) is 7.92. The Morgan fingerprint density at radius 1 is 1.35 bits per heavy atom. The van der Waals surface area contributed by atoms with Crippen LogP contribution in [0, 0.1) is 0 Å². The van der Waals surface area contributed by atoms with Crippen molar-refractivity contribution < 1.29 is 14.3 Å². The molecule has 0 aromatic heterocycles. The van der Waals surface area contributed by atoms with Crippen LogP contribution in [0.25, 0.3) is 0 Å². The second-order valence-corrected chi connectivity index (χ2v) is 6.18. The van der Waals surface area contributed by atoms with E-state index in [1.54, 1.807) is 7.11 Å². The Morgan fingerprint density at radius 2 is 2.12 bits per heavy atom. The third-order valence-corrected chi connectivity index (χ3v) is 3.98. The molecule has 0 spiro atoms. The number of morpholine rings is 1. The number of hydrogen-bond acceptors (Lipinski definition) is 5. The lowest BCUT2D eigenvalue weighted by Crippen LogP contribution is -2.40. The normalized spacial score (nSPS) is 17.1. The number of carbonyl (C=O) groups is 1. The van der Waals surface area contributed by atoms with E-state index in [1.807, 2.05) is 6.07 Å². The van der Waals surface area contributed by atoms with Crippen molar-refractivity contribution in [2.75, 3.05) is 46.5 Å². The number of amides is 1. The predicted molar refractivity (Wildman–Crippen MR) is 108 cm³/mol. The Balaban J connectivity index is 0.00000312. The van der Waals surface area contributed by atoms with Crippen molar-refractivity contribution in [3.05, 3.63) is 35.4 Å². The standard InChI is InChI=1S/C18H29N3O3.2ClH/c1-15-13-21(7-9-24-15)14-17-5-3-4-16(10-17)11-20-18(22)12-19-6-8-23-2;;/h3-5,10,15,19H,6-9,11-14H2,1-2H3,(H,20,22);2*1H. The second-order valence-electron chi connectivity index (χ2n) is 6.18. The van der Waals surface area contributed by atoms with E-state index in [2.05, 4.69) is 40.7 Å². The van der Waals surface area contributed by atoms with E-state index >= 15 is 0 Å². The summed E-state index contributed by atoms with van der Waals surface area (Å²) in [7, 11) is 1.65. The third kappa shape index (κ3) is 9.71. The van der Waals surface area contributed by atoms with Gasteiger partial charge in [0.1, 0.15) is 0 Å². The SMILES string of the molecule is COCCNCC(=O)NCc1cccc(CN2CCOC(C)C2)c1.Cl.Cl. The van der Waals surface area contributed by atoms with Crippen LogP contribution in [0.4, 0.5) is 0 Å². The van der Waals surface area contributed by atoms with E-state index in [0.717, 1.165) is 31.8 Å². The topological polar surface area (TPSA) is 62.8 Å². The summed E-state index contributed by atoms with van der Waals surface area (Å²) in [6, 6.07) is 8.40. The molecule has 1 saturated heterocycles. The number of nitrogens with zero attached hydrogens (tertiary/aromatic N) is 1. The fraction of sp³-hybridized carbons (Fsp3) is 0.611. The molecule has 1 aliphatic rings. The molecule has 1 atom stereocenters.